The van der Waals surface area contributed by atoms with Crippen LogP contribution >= 0.6 is 11.3 Å². The molecule has 0 N–H and O–H groups in total. The molecule has 0 atom stereocenters. The van der Waals surface area contributed by atoms with Crippen molar-refractivity contribution in [1.82, 2.24) is 4.57 Å². The van der Waals surface area contributed by atoms with E-state index in [-0.39, 0.29) is 5.91 Å². The number of hydrogen-bond acceptors (Lipinski definition) is 3. The summed E-state index contributed by atoms with van der Waals surface area (Å²) in [6.45, 7) is 3.96. The quantitative estimate of drug-likeness (QED) is 0.722. The van der Waals surface area contributed by atoms with Crippen molar-refractivity contribution in [2.24, 2.45) is 12.0 Å². The Labute approximate surface area is 138 Å². The van der Waals surface area contributed by atoms with Crippen LogP contribution in [0.25, 0.3) is 10.2 Å². The van der Waals surface area contributed by atoms with Crippen LogP contribution in [0.3, 0.4) is 0 Å². The number of aromatic nitrogens is 1. The van der Waals surface area contributed by atoms with E-state index >= 15 is 0 Å². The van der Waals surface area contributed by atoms with Gasteiger partial charge in [0.1, 0.15) is 11.3 Å². The SMILES string of the molecule is COc1ccc(C)c2sc(=NC(=O)c3ccccc3C)n(C)c12. The van der Waals surface area contributed by atoms with Crippen LogP contribution in [0.1, 0.15) is 21.5 Å². The normalized spacial score (nSPS) is 11.9. The van der Waals surface area contributed by atoms with Gasteiger partial charge in [0.05, 0.1) is 11.8 Å². The fraction of sp³-hybridized carbons (Fsp3) is 0.222. The van der Waals surface area contributed by atoms with Crippen molar-refractivity contribution in [3.05, 3.63) is 57.9 Å². The molecule has 5 heteroatoms. The number of amides is 1. The van der Waals surface area contributed by atoms with E-state index in [4.69, 9.17) is 4.74 Å². The summed E-state index contributed by atoms with van der Waals surface area (Å²) >= 11 is 1.50. The molecule has 0 aliphatic heterocycles. The van der Waals surface area contributed by atoms with E-state index in [0.29, 0.717) is 10.4 Å². The molecular weight excluding hydrogens is 308 g/mol. The Bertz CT molecular complexity index is 967. The minimum absolute atomic E-state index is 0.220. The lowest BCUT2D eigenvalue weighted by atomic mass is 10.1. The highest BCUT2D eigenvalue weighted by Gasteiger charge is 2.13. The lowest BCUT2D eigenvalue weighted by Gasteiger charge is -2.05. The van der Waals surface area contributed by atoms with Crippen molar-refractivity contribution < 1.29 is 9.53 Å². The third-order valence-electron chi connectivity index (χ3n) is 3.90. The predicted octanol–water partition coefficient (Wildman–Crippen LogP) is 3.61. The maximum Gasteiger partial charge on any atom is 0.279 e. The van der Waals surface area contributed by atoms with Crippen LogP contribution in [0, 0.1) is 13.8 Å². The highest BCUT2D eigenvalue weighted by atomic mass is 32.1. The Morgan fingerprint density at radius 2 is 1.87 bits per heavy atom. The summed E-state index contributed by atoms with van der Waals surface area (Å²) in [6, 6.07) is 11.5. The number of carbonyl (C=O) groups excluding carboxylic acids is 1. The van der Waals surface area contributed by atoms with Gasteiger partial charge in [-0.25, -0.2) is 0 Å². The molecule has 23 heavy (non-hydrogen) atoms. The molecule has 3 aromatic rings. The van der Waals surface area contributed by atoms with Gasteiger partial charge in [0.15, 0.2) is 4.80 Å². The maximum atomic E-state index is 12.5. The monoisotopic (exact) mass is 326 g/mol. The zero-order valence-corrected chi connectivity index (χ0v) is 14.4. The molecule has 1 amide bonds. The fourth-order valence-electron chi connectivity index (χ4n) is 2.58. The molecule has 0 aliphatic rings. The van der Waals surface area contributed by atoms with Crippen molar-refractivity contribution in [2.75, 3.05) is 7.11 Å². The van der Waals surface area contributed by atoms with E-state index in [2.05, 4.69) is 4.99 Å². The van der Waals surface area contributed by atoms with Crippen molar-refractivity contribution >= 4 is 27.5 Å². The first-order valence-electron chi connectivity index (χ1n) is 7.30. The number of rotatable bonds is 2. The minimum Gasteiger partial charge on any atom is -0.495 e. The second-order valence-electron chi connectivity index (χ2n) is 5.44. The smallest absolute Gasteiger partial charge is 0.279 e. The Morgan fingerprint density at radius 3 is 2.57 bits per heavy atom. The second-order valence-corrected chi connectivity index (χ2v) is 6.42. The number of methoxy groups -OCH3 is 1. The zero-order chi connectivity index (χ0) is 16.6. The van der Waals surface area contributed by atoms with Gasteiger partial charge in [-0.2, -0.15) is 4.99 Å². The van der Waals surface area contributed by atoms with Gasteiger partial charge in [-0.3, -0.25) is 4.79 Å². The molecule has 118 valence electrons. The summed E-state index contributed by atoms with van der Waals surface area (Å²) in [5.74, 6) is 0.566. The van der Waals surface area contributed by atoms with Crippen LogP contribution < -0.4 is 9.54 Å². The Balaban J connectivity index is 2.21. The molecule has 4 nitrogen and oxygen atoms in total. The first kappa shape index (κ1) is 15.5. The van der Waals surface area contributed by atoms with Crippen molar-refractivity contribution in [3.63, 3.8) is 0 Å². The van der Waals surface area contributed by atoms with Gasteiger partial charge in [0, 0.05) is 12.6 Å². The van der Waals surface area contributed by atoms with Crippen LogP contribution in [-0.2, 0) is 7.05 Å². The molecule has 0 aliphatic carbocycles. The van der Waals surface area contributed by atoms with Crippen molar-refractivity contribution in [3.8, 4) is 5.75 Å². The molecule has 2 aromatic carbocycles. The lowest BCUT2D eigenvalue weighted by Crippen LogP contribution is -2.14. The minimum atomic E-state index is -0.220. The summed E-state index contributed by atoms with van der Waals surface area (Å²) in [7, 11) is 3.56. The number of nitrogens with zero attached hydrogens (tertiary/aromatic N) is 2. The van der Waals surface area contributed by atoms with Crippen LogP contribution in [0.4, 0.5) is 0 Å². The molecule has 0 radical (unpaired) electrons. The first-order valence-corrected chi connectivity index (χ1v) is 8.12. The van der Waals surface area contributed by atoms with Crippen LogP contribution in [0.2, 0.25) is 0 Å². The molecule has 1 heterocycles. The standard InChI is InChI=1S/C18H18N2O2S/c1-11-7-5-6-8-13(11)17(21)19-18-20(3)15-14(22-4)10-9-12(2)16(15)23-18/h5-10H,1-4H3. The third-order valence-corrected chi connectivity index (χ3v) is 5.17. The highest BCUT2D eigenvalue weighted by Crippen LogP contribution is 2.29. The molecule has 0 saturated heterocycles. The van der Waals surface area contributed by atoms with Gasteiger partial charge in [0.25, 0.3) is 5.91 Å². The molecular formula is C18H18N2O2S. The molecule has 0 spiro atoms. The molecule has 1 aromatic heterocycles. The van der Waals surface area contributed by atoms with E-state index in [0.717, 1.165) is 27.1 Å². The van der Waals surface area contributed by atoms with E-state index in [9.17, 15) is 4.79 Å². The summed E-state index contributed by atoms with van der Waals surface area (Å²) in [5.41, 5.74) is 3.67. The van der Waals surface area contributed by atoms with Crippen LogP contribution in [0.5, 0.6) is 5.75 Å². The topological polar surface area (TPSA) is 43.6 Å². The Hall–Kier alpha value is -2.40. The van der Waals surface area contributed by atoms with Gasteiger partial charge in [-0.05, 0) is 37.1 Å². The first-order chi connectivity index (χ1) is 11.0. The number of hydrogen-bond donors (Lipinski definition) is 0. The van der Waals surface area contributed by atoms with Crippen molar-refractivity contribution in [2.45, 2.75) is 13.8 Å². The molecule has 0 saturated carbocycles. The third kappa shape index (κ3) is 2.68. The summed E-state index contributed by atoms with van der Waals surface area (Å²) < 4.78 is 8.45. The van der Waals surface area contributed by atoms with Gasteiger partial charge in [-0.1, -0.05) is 35.6 Å². The number of carbonyl (C=O) groups is 1. The number of thiazole rings is 1. The van der Waals surface area contributed by atoms with Gasteiger partial charge in [-0.15, -0.1) is 0 Å². The van der Waals surface area contributed by atoms with E-state index < -0.39 is 0 Å². The van der Waals surface area contributed by atoms with E-state index in [1.807, 2.05) is 55.8 Å². The van der Waals surface area contributed by atoms with E-state index in [1.165, 1.54) is 11.3 Å². The van der Waals surface area contributed by atoms with Crippen LogP contribution in [0.15, 0.2) is 41.4 Å². The highest BCUT2D eigenvalue weighted by molar-refractivity contribution is 7.16. The number of fused-ring (bicyclic) bond motifs is 1. The van der Waals surface area contributed by atoms with Crippen molar-refractivity contribution in [1.29, 1.82) is 0 Å². The summed E-state index contributed by atoms with van der Waals surface area (Å²) in [6.07, 6.45) is 0. The van der Waals surface area contributed by atoms with Gasteiger partial charge < -0.3 is 9.30 Å². The predicted molar refractivity (Wildman–Crippen MR) is 93.2 cm³/mol. The fourth-order valence-corrected chi connectivity index (χ4v) is 3.68. The second kappa shape index (κ2) is 6.01. The lowest BCUT2D eigenvalue weighted by molar-refractivity contribution is 0.0997. The molecule has 0 fully saturated rings. The summed E-state index contributed by atoms with van der Waals surface area (Å²) in [4.78, 5) is 17.5. The summed E-state index contributed by atoms with van der Waals surface area (Å²) in [5, 5.41) is 0. The van der Waals surface area contributed by atoms with Gasteiger partial charge in [0.2, 0.25) is 0 Å². The number of ether oxygens (including phenoxy) is 1. The Morgan fingerprint density at radius 1 is 1.13 bits per heavy atom. The average molecular weight is 326 g/mol. The zero-order valence-electron chi connectivity index (χ0n) is 13.6. The number of benzene rings is 2. The number of aryl methyl sites for hydroxylation is 3. The van der Waals surface area contributed by atoms with Gasteiger partial charge >= 0.3 is 0 Å². The Kier molecular flexibility index (Phi) is 4.05. The largest absolute Gasteiger partial charge is 0.495 e. The molecule has 3 rings (SSSR count). The maximum absolute atomic E-state index is 12.5. The molecule has 0 bridgehead atoms. The average Bonchev–Trinajstić information content (AvgIpc) is 2.86. The van der Waals surface area contributed by atoms with E-state index in [1.54, 1.807) is 13.2 Å². The van der Waals surface area contributed by atoms with Crippen LogP contribution in [-0.4, -0.2) is 17.6 Å². The molecule has 0 unspecified atom stereocenters.